The summed E-state index contributed by atoms with van der Waals surface area (Å²) in [5.74, 6) is -0.317. The summed E-state index contributed by atoms with van der Waals surface area (Å²) in [5, 5.41) is 12.5. The lowest BCUT2D eigenvalue weighted by molar-refractivity contribution is -0.137. The highest BCUT2D eigenvalue weighted by Gasteiger charge is 2.38. The van der Waals surface area contributed by atoms with Crippen LogP contribution in [0.15, 0.2) is 54.6 Å². The van der Waals surface area contributed by atoms with Crippen LogP contribution >= 0.6 is 0 Å². The highest BCUT2D eigenvalue weighted by atomic mass is 16.5. The van der Waals surface area contributed by atoms with Gasteiger partial charge in [-0.1, -0.05) is 73.9 Å². The van der Waals surface area contributed by atoms with Crippen molar-refractivity contribution in [2.75, 3.05) is 0 Å². The van der Waals surface area contributed by atoms with Gasteiger partial charge in [0.05, 0.1) is 0 Å². The smallest absolute Gasteiger partial charge is 0.263 e. The van der Waals surface area contributed by atoms with Crippen LogP contribution in [0.4, 0.5) is 0 Å². The Kier molecular flexibility index (Phi) is 5.28. The van der Waals surface area contributed by atoms with E-state index >= 15 is 0 Å². The average molecular weight is 324 g/mol. The highest BCUT2D eigenvalue weighted by Crippen LogP contribution is 2.29. The number of nitrogens with one attached hydrogen (secondary N) is 2. The van der Waals surface area contributed by atoms with E-state index in [9.17, 15) is 4.79 Å². The van der Waals surface area contributed by atoms with Crippen molar-refractivity contribution in [1.29, 1.82) is 0 Å². The van der Waals surface area contributed by atoms with Gasteiger partial charge in [-0.25, -0.2) is 5.48 Å². The van der Waals surface area contributed by atoms with Gasteiger partial charge in [0.1, 0.15) is 5.54 Å². The number of benzene rings is 2. The summed E-state index contributed by atoms with van der Waals surface area (Å²) < 4.78 is 0. The van der Waals surface area contributed by atoms with Crippen molar-refractivity contribution in [3.8, 4) is 11.1 Å². The fourth-order valence-electron chi connectivity index (χ4n) is 3.46. The molecule has 4 heteroatoms. The van der Waals surface area contributed by atoms with Crippen LogP contribution in [0.5, 0.6) is 0 Å². The lowest BCUT2D eigenvalue weighted by Gasteiger charge is -2.36. The standard InChI is InChI=1S/C20H24N2O2/c23-19(22-24)20(13-5-2-6-14-20)21-15-16-9-11-18(12-10-16)17-7-3-1-4-8-17/h1,3-4,7-12,21,24H,2,5-6,13-15H2,(H,22,23). The minimum atomic E-state index is -0.648. The monoisotopic (exact) mass is 324 g/mol. The van der Waals surface area contributed by atoms with Gasteiger partial charge in [-0.3, -0.25) is 15.3 Å². The first-order valence-corrected chi connectivity index (χ1v) is 8.57. The number of carbonyl (C=O) groups is 1. The molecule has 1 fully saturated rings. The Labute approximate surface area is 142 Å². The second-order valence-electron chi connectivity index (χ2n) is 6.50. The molecule has 4 nitrogen and oxygen atoms in total. The Morgan fingerprint density at radius 1 is 0.917 bits per heavy atom. The van der Waals surface area contributed by atoms with E-state index in [0.29, 0.717) is 6.54 Å². The minimum absolute atomic E-state index is 0.317. The first kappa shape index (κ1) is 16.7. The van der Waals surface area contributed by atoms with E-state index in [2.05, 4.69) is 41.7 Å². The van der Waals surface area contributed by atoms with Crippen molar-refractivity contribution >= 4 is 5.91 Å². The molecule has 3 rings (SSSR count). The summed E-state index contributed by atoms with van der Waals surface area (Å²) in [4.78, 5) is 12.1. The summed E-state index contributed by atoms with van der Waals surface area (Å²) in [7, 11) is 0. The van der Waals surface area contributed by atoms with E-state index < -0.39 is 5.54 Å². The fourth-order valence-corrected chi connectivity index (χ4v) is 3.46. The van der Waals surface area contributed by atoms with Crippen molar-refractivity contribution < 1.29 is 10.0 Å². The Hall–Kier alpha value is -2.17. The zero-order valence-electron chi connectivity index (χ0n) is 13.8. The fraction of sp³-hybridized carbons (Fsp3) is 0.350. The van der Waals surface area contributed by atoms with Crippen molar-refractivity contribution in [2.24, 2.45) is 0 Å². The van der Waals surface area contributed by atoms with Crippen LogP contribution in [0.25, 0.3) is 11.1 Å². The van der Waals surface area contributed by atoms with E-state index in [0.717, 1.165) is 37.7 Å². The largest absolute Gasteiger partial charge is 0.299 e. The Bertz CT molecular complexity index is 662. The maximum absolute atomic E-state index is 12.1. The predicted molar refractivity (Wildman–Crippen MR) is 94.5 cm³/mol. The van der Waals surface area contributed by atoms with Crippen LogP contribution in [-0.4, -0.2) is 16.7 Å². The Morgan fingerprint density at radius 2 is 1.54 bits per heavy atom. The molecule has 0 spiro atoms. The normalized spacial score (nSPS) is 16.5. The molecule has 126 valence electrons. The van der Waals surface area contributed by atoms with Gasteiger partial charge in [-0.2, -0.15) is 0 Å². The second-order valence-corrected chi connectivity index (χ2v) is 6.50. The molecule has 0 radical (unpaired) electrons. The van der Waals surface area contributed by atoms with Gasteiger partial charge in [-0.15, -0.1) is 0 Å². The third-order valence-corrected chi connectivity index (χ3v) is 4.94. The van der Waals surface area contributed by atoms with Crippen molar-refractivity contribution in [3.05, 3.63) is 60.2 Å². The molecule has 1 saturated carbocycles. The van der Waals surface area contributed by atoms with Crippen molar-refractivity contribution in [3.63, 3.8) is 0 Å². The summed E-state index contributed by atoms with van der Waals surface area (Å²) >= 11 is 0. The van der Waals surface area contributed by atoms with Gasteiger partial charge >= 0.3 is 0 Å². The Balaban J connectivity index is 1.68. The summed E-state index contributed by atoms with van der Waals surface area (Å²) in [5.41, 5.74) is 4.70. The van der Waals surface area contributed by atoms with E-state index in [-0.39, 0.29) is 5.91 Å². The highest BCUT2D eigenvalue weighted by molar-refractivity contribution is 5.85. The van der Waals surface area contributed by atoms with Crippen LogP contribution in [0.2, 0.25) is 0 Å². The van der Waals surface area contributed by atoms with E-state index in [1.807, 2.05) is 23.7 Å². The molecule has 1 aliphatic carbocycles. The molecule has 0 heterocycles. The van der Waals surface area contributed by atoms with Crippen LogP contribution in [-0.2, 0) is 11.3 Å². The molecule has 1 aliphatic rings. The van der Waals surface area contributed by atoms with Crippen LogP contribution in [0, 0.1) is 0 Å². The number of hydroxylamine groups is 1. The van der Waals surface area contributed by atoms with Crippen LogP contribution in [0.3, 0.4) is 0 Å². The lowest BCUT2D eigenvalue weighted by atomic mass is 9.81. The molecular formula is C20H24N2O2. The number of carbonyl (C=O) groups excluding carboxylic acids is 1. The van der Waals surface area contributed by atoms with Gasteiger partial charge < -0.3 is 0 Å². The molecule has 24 heavy (non-hydrogen) atoms. The van der Waals surface area contributed by atoms with Gasteiger partial charge in [0, 0.05) is 6.54 Å². The zero-order valence-corrected chi connectivity index (χ0v) is 13.8. The summed E-state index contributed by atoms with van der Waals surface area (Å²) in [6.07, 6.45) is 4.69. The maximum atomic E-state index is 12.1. The molecule has 3 N–H and O–H groups in total. The third-order valence-electron chi connectivity index (χ3n) is 4.94. The van der Waals surface area contributed by atoms with Crippen molar-refractivity contribution in [1.82, 2.24) is 10.8 Å². The zero-order chi connectivity index (χ0) is 16.8. The molecule has 0 atom stereocenters. The molecule has 0 aromatic heterocycles. The minimum Gasteiger partial charge on any atom is -0.299 e. The van der Waals surface area contributed by atoms with E-state index in [1.165, 1.54) is 11.1 Å². The predicted octanol–water partition coefficient (Wildman–Crippen LogP) is 3.65. The number of hydrogen-bond donors (Lipinski definition) is 3. The quantitative estimate of drug-likeness (QED) is 0.581. The molecule has 0 unspecified atom stereocenters. The molecular weight excluding hydrogens is 300 g/mol. The Morgan fingerprint density at radius 3 is 2.17 bits per heavy atom. The average Bonchev–Trinajstić information content (AvgIpc) is 2.67. The molecule has 0 aliphatic heterocycles. The van der Waals surface area contributed by atoms with Gasteiger partial charge in [0.15, 0.2) is 0 Å². The van der Waals surface area contributed by atoms with Gasteiger partial charge in [-0.05, 0) is 29.5 Å². The molecule has 0 saturated heterocycles. The third kappa shape index (κ3) is 3.66. The van der Waals surface area contributed by atoms with E-state index in [4.69, 9.17) is 5.21 Å². The lowest BCUT2D eigenvalue weighted by Crippen LogP contribution is -2.57. The van der Waals surface area contributed by atoms with Gasteiger partial charge in [0.2, 0.25) is 0 Å². The van der Waals surface area contributed by atoms with E-state index in [1.54, 1.807) is 0 Å². The number of amides is 1. The number of rotatable bonds is 5. The summed E-state index contributed by atoms with van der Waals surface area (Å²) in [6.45, 7) is 0.614. The topological polar surface area (TPSA) is 61.4 Å². The number of hydrogen-bond acceptors (Lipinski definition) is 3. The van der Waals surface area contributed by atoms with Crippen LogP contribution in [0.1, 0.15) is 37.7 Å². The molecule has 2 aromatic rings. The summed E-state index contributed by atoms with van der Waals surface area (Å²) in [6, 6.07) is 18.6. The van der Waals surface area contributed by atoms with Crippen molar-refractivity contribution in [2.45, 2.75) is 44.2 Å². The SMILES string of the molecule is O=C(NO)C1(NCc2ccc(-c3ccccc3)cc2)CCCCC1. The first-order chi connectivity index (χ1) is 11.7. The maximum Gasteiger partial charge on any atom is 0.263 e. The molecule has 1 amide bonds. The molecule has 0 bridgehead atoms. The molecule has 2 aromatic carbocycles. The second kappa shape index (κ2) is 7.60. The first-order valence-electron chi connectivity index (χ1n) is 8.57. The van der Waals surface area contributed by atoms with Gasteiger partial charge in [0.25, 0.3) is 5.91 Å². The van der Waals surface area contributed by atoms with Crippen LogP contribution < -0.4 is 10.8 Å².